The minimum atomic E-state index is -3.14. The third-order valence-electron chi connectivity index (χ3n) is 2.75. The molecule has 0 aromatic carbocycles. The first kappa shape index (κ1) is 14.7. The van der Waals surface area contributed by atoms with Gasteiger partial charge in [0.1, 0.15) is 5.38 Å². The van der Waals surface area contributed by atoms with Crippen LogP contribution < -0.4 is 0 Å². The lowest BCUT2D eigenvalue weighted by Crippen LogP contribution is -2.52. The van der Waals surface area contributed by atoms with Crippen LogP contribution in [0, 0.1) is 0 Å². The van der Waals surface area contributed by atoms with Crippen LogP contribution in [0.1, 0.15) is 20.3 Å². The molecule has 1 atom stereocenters. The zero-order chi connectivity index (χ0) is 13.1. The first-order valence-corrected chi connectivity index (χ1v) is 7.83. The first-order chi connectivity index (χ1) is 7.88. The molecule has 0 N–H and O–H groups in total. The molecule has 0 aliphatic carbocycles. The molecule has 1 fully saturated rings. The molecule has 100 valence electrons. The second-order valence-electron chi connectivity index (χ2n) is 4.16. The first-order valence-electron chi connectivity index (χ1n) is 5.79. The van der Waals surface area contributed by atoms with E-state index >= 15 is 0 Å². The quantitative estimate of drug-likeness (QED) is 0.706. The lowest BCUT2D eigenvalue weighted by molar-refractivity contribution is -0.131. The molecule has 5 nitrogen and oxygen atoms in total. The Labute approximate surface area is 108 Å². The van der Waals surface area contributed by atoms with Gasteiger partial charge in [-0.3, -0.25) is 4.79 Å². The van der Waals surface area contributed by atoms with Gasteiger partial charge in [-0.1, -0.05) is 6.92 Å². The van der Waals surface area contributed by atoms with Gasteiger partial charge in [0.05, 0.1) is 5.75 Å². The fraction of sp³-hybridized carbons (Fsp3) is 0.900. The maximum Gasteiger partial charge on any atom is 0.240 e. The predicted molar refractivity (Wildman–Crippen MR) is 67.5 cm³/mol. The van der Waals surface area contributed by atoms with E-state index in [1.54, 1.807) is 11.8 Å². The fourth-order valence-corrected chi connectivity index (χ4v) is 3.46. The van der Waals surface area contributed by atoms with E-state index in [1.165, 1.54) is 4.31 Å². The van der Waals surface area contributed by atoms with Crippen LogP contribution in [0.25, 0.3) is 0 Å². The second kappa shape index (κ2) is 6.02. The minimum absolute atomic E-state index is 0.126. The van der Waals surface area contributed by atoms with E-state index in [1.807, 2.05) is 6.92 Å². The summed E-state index contributed by atoms with van der Waals surface area (Å²) in [5.74, 6) is 0.0477. The number of piperazine rings is 1. The highest BCUT2D eigenvalue weighted by molar-refractivity contribution is 7.89. The van der Waals surface area contributed by atoms with Crippen LogP contribution in [0.4, 0.5) is 0 Å². The van der Waals surface area contributed by atoms with Gasteiger partial charge in [-0.05, 0) is 13.3 Å². The summed E-state index contributed by atoms with van der Waals surface area (Å²) in [6.07, 6.45) is 0.611. The minimum Gasteiger partial charge on any atom is -0.339 e. The van der Waals surface area contributed by atoms with Gasteiger partial charge < -0.3 is 4.90 Å². The molecule has 0 saturated carbocycles. The summed E-state index contributed by atoms with van der Waals surface area (Å²) in [6.45, 7) is 5.07. The highest BCUT2D eigenvalue weighted by Gasteiger charge is 2.29. The second-order valence-corrected chi connectivity index (χ2v) is 6.90. The van der Waals surface area contributed by atoms with Crippen molar-refractivity contribution in [1.82, 2.24) is 9.21 Å². The van der Waals surface area contributed by atoms with Gasteiger partial charge >= 0.3 is 0 Å². The number of amides is 1. The van der Waals surface area contributed by atoms with Crippen LogP contribution in [0.15, 0.2) is 0 Å². The van der Waals surface area contributed by atoms with Crippen LogP contribution in [0.5, 0.6) is 0 Å². The standard InChI is InChI=1S/C10H19ClN2O3S/c1-3-8-17(15,16)13-6-4-12(5-7-13)10(14)9(2)11/h9H,3-8H2,1-2H3. The van der Waals surface area contributed by atoms with Crippen molar-refractivity contribution in [1.29, 1.82) is 0 Å². The molecule has 1 unspecified atom stereocenters. The van der Waals surface area contributed by atoms with Crippen molar-refractivity contribution in [2.45, 2.75) is 25.6 Å². The molecule has 0 spiro atoms. The molecular formula is C10H19ClN2O3S. The monoisotopic (exact) mass is 282 g/mol. The Balaban J connectivity index is 2.54. The van der Waals surface area contributed by atoms with E-state index < -0.39 is 15.4 Å². The highest BCUT2D eigenvalue weighted by atomic mass is 35.5. The predicted octanol–water partition coefficient (Wildman–Crippen LogP) is 0.498. The summed E-state index contributed by atoms with van der Waals surface area (Å²) >= 11 is 5.71. The topological polar surface area (TPSA) is 57.7 Å². The van der Waals surface area contributed by atoms with Gasteiger partial charge in [-0.25, -0.2) is 8.42 Å². The normalized spacial score (nSPS) is 20.3. The zero-order valence-corrected chi connectivity index (χ0v) is 11.8. The lowest BCUT2D eigenvalue weighted by Gasteiger charge is -2.34. The van der Waals surface area contributed by atoms with Gasteiger partial charge in [0.25, 0.3) is 0 Å². The van der Waals surface area contributed by atoms with E-state index in [0.29, 0.717) is 32.6 Å². The smallest absolute Gasteiger partial charge is 0.240 e. The molecular weight excluding hydrogens is 264 g/mol. The number of carbonyl (C=O) groups excluding carboxylic acids is 1. The molecule has 1 amide bonds. The number of rotatable bonds is 4. The SMILES string of the molecule is CCCS(=O)(=O)N1CCN(C(=O)C(C)Cl)CC1. The van der Waals surface area contributed by atoms with Crippen LogP contribution in [0.3, 0.4) is 0 Å². The average molecular weight is 283 g/mol. The van der Waals surface area contributed by atoms with Crippen LogP contribution in [-0.4, -0.2) is 60.8 Å². The number of halogens is 1. The number of nitrogens with zero attached hydrogens (tertiary/aromatic N) is 2. The van der Waals surface area contributed by atoms with Crippen molar-refractivity contribution in [3.8, 4) is 0 Å². The van der Waals surface area contributed by atoms with E-state index in [4.69, 9.17) is 11.6 Å². The Kier molecular flexibility index (Phi) is 5.22. The highest BCUT2D eigenvalue weighted by Crippen LogP contribution is 2.11. The Morgan fingerprint density at radius 2 is 1.82 bits per heavy atom. The van der Waals surface area contributed by atoms with Gasteiger partial charge in [-0.15, -0.1) is 11.6 Å². The van der Waals surface area contributed by atoms with Gasteiger partial charge in [0.15, 0.2) is 0 Å². The zero-order valence-electron chi connectivity index (χ0n) is 10.2. The summed E-state index contributed by atoms with van der Waals surface area (Å²) in [5.41, 5.74) is 0. The number of alkyl halides is 1. The molecule has 0 bridgehead atoms. The van der Waals surface area contributed by atoms with Gasteiger partial charge in [-0.2, -0.15) is 4.31 Å². The number of sulfonamides is 1. The molecule has 17 heavy (non-hydrogen) atoms. The van der Waals surface area contributed by atoms with Gasteiger partial charge in [0, 0.05) is 26.2 Å². The molecule has 1 aliphatic rings. The summed E-state index contributed by atoms with van der Waals surface area (Å²) in [5, 5.41) is -0.547. The van der Waals surface area contributed by atoms with Crippen molar-refractivity contribution in [3.05, 3.63) is 0 Å². The molecule has 0 aromatic rings. The average Bonchev–Trinajstić information content (AvgIpc) is 2.28. The Bertz CT molecular complexity index is 362. The summed E-state index contributed by atoms with van der Waals surface area (Å²) in [4.78, 5) is 13.2. The molecule has 1 saturated heterocycles. The van der Waals surface area contributed by atoms with E-state index in [-0.39, 0.29) is 11.7 Å². The van der Waals surface area contributed by atoms with Gasteiger partial charge in [0.2, 0.25) is 15.9 Å². The Morgan fingerprint density at radius 1 is 1.29 bits per heavy atom. The fourth-order valence-electron chi connectivity index (χ4n) is 1.83. The van der Waals surface area contributed by atoms with Crippen molar-refractivity contribution in [2.24, 2.45) is 0 Å². The third-order valence-corrected chi connectivity index (χ3v) is 5.01. The number of hydrogen-bond donors (Lipinski definition) is 0. The molecule has 1 heterocycles. The number of carbonyl (C=O) groups is 1. The van der Waals surface area contributed by atoms with Crippen LogP contribution in [-0.2, 0) is 14.8 Å². The lowest BCUT2D eigenvalue weighted by atomic mass is 10.3. The van der Waals surface area contributed by atoms with E-state index in [2.05, 4.69) is 0 Å². The van der Waals surface area contributed by atoms with Crippen molar-refractivity contribution in [3.63, 3.8) is 0 Å². The molecule has 7 heteroatoms. The summed E-state index contributed by atoms with van der Waals surface area (Å²) in [6, 6.07) is 0. The largest absolute Gasteiger partial charge is 0.339 e. The van der Waals surface area contributed by atoms with Crippen molar-refractivity contribution in [2.75, 3.05) is 31.9 Å². The molecule has 1 aliphatic heterocycles. The van der Waals surface area contributed by atoms with E-state index in [9.17, 15) is 13.2 Å². The third kappa shape index (κ3) is 3.82. The van der Waals surface area contributed by atoms with Crippen LogP contribution >= 0.6 is 11.6 Å². The summed E-state index contributed by atoms with van der Waals surface area (Å²) in [7, 11) is -3.14. The molecule has 0 radical (unpaired) electrons. The number of hydrogen-bond acceptors (Lipinski definition) is 3. The Morgan fingerprint density at radius 3 is 2.24 bits per heavy atom. The molecule has 0 aromatic heterocycles. The maximum absolute atomic E-state index is 11.8. The summed E-state index contributed by atoms with van der Waals surface area (Å²) < 4.78 is 25.0. The van der Waals surface area contributed by atoms with E-state index in [0.717, 1.165) is 0 Å². The van der Waals surface area contributed by atoms with Crippen molar-refractivity contribution < 1.29 is 13.2 Å². The van der Waals surface area contributed by atoms with Crippen LogP contribution in [0.2, 0.25) is 0 Å². The van der Waals surface area contributed by atoms with Crippen molar-refractivity contribution >= 4 is 27.5 Å². The Hall–Kier alpha value is -0.330. The molecule has 1 rings (SSSR count). The maximum atomic E-state index is 11.8.